The van der Waals surface area contributed by atoms with Gasteiger partial charge in [0.2, 0.25) is 5.91 Å². The van der Waals surface area contributed by atoms with Crippen molar-refractivity contribution in [3.05, 3.63) is 70.5 Å². The Morgan fingerprint density at radius 1 is 1.12 bits per heavy atom. The summed E-state index contributed by atoms with van der Waals surface area (Å²) in [6.45, 7) is 5.48. The van der Waals surface area contributed by atoms with Crippen LogP contribution in [0.5, 0.6) is 0 Å². The second-order valence-electron chi connectivity index (χ2n) is 8.80. The number of carbonyl (C=O) groups excluding carboxylic acids is 2. The summed E-state index contributed by atoms with van der Waals surface area (Å²) in [6.07, 6.45) is 1.76. The van der Waals surface area contributed by atoms with Crippen molar-refractivity contribution in [1.29, 1.82) is 0 Å². The van der Waals surface area contributed by atoms with Gasteiger partial charge in [-0.05, 0) is 57.5 Å². The molecule has 1 saturated heterocycles. The van der Waals surface area contributed by atoms with Crippen LogP contribution in [0, 0.1) is 25.6 Å². The topological polar surface area (TPSA) is 79.0 Å². The molecular formula is C25H29FN4O2. The van der Waals surface area contributed by atoms with Gasteiger partial charge in [0.15, 0.2) is 0 Å². The number of hydrogen-bond acceptors (Lipinski definition) is 4. The van der Waals surface area contributed by atoms with Crippen molar-refractivity contribution < 1.29 is 14.0 Å². The average molecular weight is 437 g/mol. The number of amides is 2. The highest BCUT2D eigenvalue weighted by molar-refractivity contribution is 6.04. The normalized spacial score (nSPS) is 19.8. The lowest BCUT2D eigenvalue weighted by Gasteiger charge is -2.31. The SMILES string of the molecule is Cc1ccc(C)c(C2=NN(C(=O)CN3CCC(C(N)=O)CC3)C(c3ccccc3F)C2)c1. The number of rotatable bonds is 5. The molecule has 0 aromatic heterocycles. The Morgan fingerprint density at radius 2 is 1.84 bits per heavy atom. The molecule has 2 aromatic carbocycles. The summed E-state index contributed by atoms with van der Waals surface area (Å²) in [7, 11) is 0. The van der Waals surface area contributed by atoms with E-state index in [0.717, 1.165) is 22.4 Å². The summed E-state index contributed by atoms with van der Waals surface area (Å²) in [4.78, 5) is 26.8. The third-order valence-corrected chi connectivity index (χ3v) is 6.48. The number of primary amides is 1. The fourth-order valence-electron chi connectivity index (χ4n) is 4.58. The molecule has 2 aromatic rings. The van der Waals surface area contributed by atoms with E-state index in [0.29, 0.717) is 37.9 Å². The summed E-state index contributed by atoms with van der Waals surface area (Å²) in [6, 6.07) is 12.2. The van der Waals surface area contributed by atoms with Crippen LogP contribution in [0.3, 0.4) is 0 Å². The van der Waals surface area contributed by atoms with E-state index in [-0.39, 0.29) is 30.1 Å². The lowest BCUT2D eigenvalue weighted by molar-refractivity contribution is -0.134. The molecule has 0 bridgehead atoms. The highest BCUT2D eigenvalue weighted by Gasteiger charge is 2.36. The Kier molecular flexibility index (Phi) is 6.37. The first-order valence-corrected chi connectivity index (χ1v) is 11.1. The predicted octanol–water partition coefficient (Wildman–Crippen LogP) is 3.32. The molecule has 1 fully saturated rings. The van der Waals surface area contributed by atoms with Gasteiger partial charge in [-0.25, -0.2) is 9.40 Å². The Bertz CT molecular complexity index is 1060. The Hall–Kier alpha value is -3.06. The lowest BCUT2D eigenvalue weighted by Crippen LogP contribution is -2.44. The molecule has 0 radical (unpaired) electrons. The second-order valence-corrected chi connectivity index (χ2v) is 8.80. The van der Waals surface area contributed by atoms with Crippen LogP contribution in [-0.4, -0.2) is 47.1 Å². The number of benzene rings is 2. The third kappa shape index (κ3) is 4.58. The molecule has 2 amide bonds. The highest BCUT2D eigenvalue weighted by atomic mass is 19.1. The van der Waals surface area contributed by atoms with E-state index in [2.05, 4.69) is 6.07 Å². The third-order valence-electron chi connectivity index (χ3n) is 6.48. The summed E-state index contributed by atoms with van der Waals surface area (Å²) in [5.41, 5.74) is 9.85. The van der Waals surface area contributed by atoms with Crippen molar-refractivity contribution in [1.82, 2.24) is 9.91 Å². The molecule has 2 aliphatic heterocycles. The lowest BCUT2D eigenvalue weighted by atomic mass is 9.94. The van der Waals surface area contributed by atoms with Crippen molar-refractivity contribution in [2.45, 2.75) is 39.2 Å². The summed E-state index contributed by atoms with van der Waals surface area (Å²) < 4.78 is 14.7. The van der Waals surface area contributed by atoms with Gasteiger partial charge in [-0.15, -0.1) is 0 Å². The minimum Gasteiger partial charge on any atom is -0.369 e. The van der Waals surface area contributed by atoms with E-state index >= 15 is 0 Å². The second kappa shape index (κ2) is 9.20. The van der Waals surface area contributed by atoms with Gasteiger partial charge in [-0.2, -0.15) is 5.10 Å². The van der Waals surface area contributed by atoms with E-state index in [9.17, 15) is 14.0 Å². The Morgan fingerprint density at radius 3 is 2.53 bits per heavy atom. The molecule has 1 unspecified atom stereocenters. The summed E-state index contributed by atoms with van der Waals surface area (Å²) in [5, 5.41) is 6.15. The van der Waals surface area contributed by atoms with Crippen LogP contribution in [-0.2, 0) is 9.59 Å². The molecule has 2 heterocycles. The number of aryl methyl sites for hydroxylation is 2. The van der Waals surface area contributed by atoms with Gasteiger partial charge in [0.25, 0.3) is 5.91 Å². The number of nitrogens with zero attached hydrogens (tertiary/aromatic N) is 3. The monoisotopic (exact) mass is 436 g/mol. The van der Waals surface area contributed by atoms with E-state index in [4.69, 9.17) is 10.8 Å². The quantitative estimate of drug-likeness (QED) is 0.781. The zero-order valence-corrected chi connectivity index (χ0v) is 18.6. The largest absolute Gasteiger partial charge is 0.369 e. The van der Waals surface area contributed by atoms with E-state index < -0.39 is 6.04 Å². The predicted molar refractivity (Wildman–Crippen MR) is 121 cm³/mol. The molecule has 6 nitrogen and oxygen atoms in total. The van der Waals surface area contributed by atoms with Crippen LogP contribution < -0.4 is 5.73 Å². The zero-order chi connectivity index (χ0) is 22.8. The zero-order valence-electron chi connectivity index (χ0n) is 18.6. The first-order valence-electron chi connectivity index (χ1n) is 11.1. The minimum atomic E-state index is -0.484. The van der Waals surface area contributed by atoms with Crippen molar-refractivity contribution in [3.63, 3.8) is 0 Å². The number of carbonyl (C=O) groups is 2. The molecule has 2 aliphatic rings. The fourth-order valence-corrected chi connectivity index (χ4v) is 4.58. The van der Waals surface area contributed by atoms with Crippen molar-refractivity contribution in [3.8, 4) is 0 Å². The van der Waals surface area contributed by atoms with Crippen LogP contribution >= 0.6 is 0 Å². The van der Waals surface area contributed by atoms with Gasteiger partial charge >= 0.3 is 0 Å². The highest BCUT2D eigenvalue weighted by Crippen LogP contribution is 2.35. The Balaban J connectivity index is 1.59. The molecule has 1 atom stereocenters. The number of halogens is 1. The van der Waals surface area contributed by atoms with Gasteiger partial charge in [0.05, 0.1) is 18.3 Å². The minimum absolute atomic E-state index is 0.131. The maximum atomic E-state index is 14.7. The molecule has 0 saturated carbocycles. The van der Waals surface area contributed by atoms with Crippen LogP contribution in [0.1, 0.15) is 47.6 Å². The number of hydrazone groups is 1. The van der Waals surface area contributed by atoms with Gasteiger partial charge in [-0.1, -0.05) is 35.9 Å². The summed E-state index contributed by atoms with van der Waals surface area (Å²) >= 11 is 0. The van der Waals surface area contributed by atoms with Gasteiger partial charge in [0.1, 0.15) is 5.82 Å². The van der Waals surface area contributed by atoms with Crippen molar-refractivity contribution in [2.24, 2.45) is 16.8 Å². The number of nitrogens with two attached hydrogens (primary N) is 1. The number of hydrogen-bond donors (Lipinski definition) is 1. The molecule has 0 aliphatic carbocycles. The van der Waals surface area contributed by atoms with Crippen molar-refractivity contribution >= 4 is 17.5 Å². The van der Waals surface area contributed by atoms with E-state index in [1.165, 1.54) is 11.1 Å². The van der Waals surface area contributed by atoms with Crippen LogP contribution in [0.15, 0.2) is 47.6 Å². The van der Waals surface area contributed by atoms with E-state index in [1.54, 1.807) is 18.2 Å². The molecule has 168 valence electrons. The first-order chi connectivity index (χ1) is 15.3. The molecular weight excluding hydrogens is 407 g/mol. The van der Waals surface area contributed by atoms with Crippen LogP contribution in [0.2, 0.25) is 0 Å². The maximum absolute atomic E-state index is 14.7. The van der Waals surface area contributed by atoms with E-state index in [1.807, 2.05) is 30.9 Å². The standard InChI is InChI=1S/C25H29FN4O2/c1-16-7-8-17(2)20(13-16)22-14-23(19-5-3-4-6-21(19)26)30(28-22)24(31)15-29-11-9-18(10-12-29)25(27)32/h3-8,13,18,23H,9-12,14-15H2,1-2H3,(H2,27,32). The molecule has 4 rings (SSSR count). The van der Waals surface area contributed by atoms with Gasteiger partial charge < -0.3 is 5.73 Å². The number of likely N-dealkylation sites (tertiary alicyclic amines) is 1. The van der Waals surface area contributed by atoms with Gasteiger partial charge in [0, 0.05) is 23.5 Å². The molecule has 0 spiro atoms. The Labute approximate surface area is 187 Å². The molecule has 2 N–H and O–H groups in total. The average Bonchev–Trinajstić information content (AvgIpc) is 3.21. The number of piperidine rings is 1. The van der Waals surface area contributed by atoms with Crippen LogP contribution in [0.25, 0.3) is 0 Å². The molecule has 7 heteroatoms. The van der Waals surface area contributed by atoms with Crippen LogP contribution in [0.4, 0.5) is 4.39 Å². The first kappa shape index (κ1) is 22.1. The maximum Gasteiger partial charge on any atom is 0.257 e. The molecule has 32 heavy (non-hydrogen) atoms. The smallest absolute Gasteiger partial charge is 0.257 e. The van der Waals surface area contributed by atoms with Gasteiger partial charge in [-0.3, -0.25) is 14.5 Å². The van der Waals surface area contributed by atoms with Crippen molar-refractivity contribution in [2.75, 3.05) is 19.6 Å². The fraction of sp³-hybridized carbons (Fsp3) is 0.400. The summed E-state index contributed by atoms with van der Waals surface area (Å²) in [5.74, 6) is -0.919.